The third-order valence-electron chi connectivity index (χ3n) is 4.02. The molecule has 0 saturated carbocycles. The van der Waals surface area contributed by atoms with Gasteiger partial charge in [-0.3, -0.25) is 4.79 Å². The zero-order chi connectivity index (χ0) is 17.4. The Morgan fingerprint density at radius 1 is 1.00 bits per heavy atom. The van der Waals surface area contributed by atoms with Gasteiger partial charge >= 0.3 is 0 Å². The minimum atomic E-state index is -1.26. The molecule has 1 fully saturated rings. The number of carboxylic acids is 1. The van der Waals surface area contributed by atoms with Crippen LogP contribution in [0.3, 0.4) is 0 Å². The maximum atomic E-state index is 11.8. The lowest BCUT2D eigenvalue weighted by Gasteiger charge is -2.04. The minimum absolute atomic E-state index is 0.297. The van der Waals surface area contributed by atoms with Crippen molar-refractivity contribution in [3.63, 3.8) is 0 Å². The van der Waals surface area contributed by atoms with Crippen LogP contribution in [0, 0.1) is 0 Å². The van der Waals surface area contributed by atoms with E-state index in [4.69, 9.17) is 0 Å². The Kier molecular flexibility index (Phi) is 3.85. The molecule has 124 valence electrons. The average Bonchev–Trinajstić information content (AvgIpc) is 3.11. The number of rotatable bonds is 3. The van der Waals surface area contributed by atoms with Crippen LogP contribution in [-0.4, -0.2) is 28.0 Å². The van der Waals surface area contributed by atoms with Crippen molar-refractivity contribution < 1.29 is 14.7 Å². The summed E-state index contributed by atoms with van der Waals surface area (Å²) in [5.41, 5.74) is 4.88. The van der Waals surface area contributed by atoms with E-state index in [1.54, 1.807) is 0 Å². The number of carboxylic acid groups (broad SMARTS) is 1. The van der Waals surface area contributed by atoms with Gasteiger partial charge in [-0.15, -0.1) is 10.2 Å². The smallest absolute Gasteiger partial charge is 0.239 e. The summed E-state index contributed by atoms with van der Waals surface area (Å²) >= 11 is 1.05. The first kappa shape index (κ1) is 15.6. The second-order valence-electron chi connectivity index (χ2n) is 5.62. The zero-order valence-electron chi connectivity index (χ0n) is 12.9. The normalized spacial score (nSPS) is 19.5. The van der Waals surface area contributed by atoms with Gasteiger partial charge in [-0.05, 0) is 11.1 Å². The van der Waals surface area contributed by atoms with E-state index in [-0.39, 0.29) is 12.3 Å². The highest BCUT2D eigenvalue weighted by Gasteiger charge is 2.30. The van der Waals surface area contributed by atoms with E-state index < -0.39 is 11.2 Å². The molecule has 1 saturated heterocycles. The number of amides is 1. The van der Waals surface area contributed by atoms with Crippen molar-refractivity contribution in [3.05, 3.63) is 59.7 Å². The van der Waals surface area contributed by atoms with E-state index >= 15 is 0 Å². The van der Waals surface area contributed by atoms with Crippen molar-refractivity contribution >= 4 is 34.5 Å². The number of fused-ring (bicyclic) bond motifs is 3. The van der Waals surface area contributed by atoms with Gasteiger partial charge in [-0.1, -0.05) is 60.3 Å². The van der Waals surface area contributed by atoms with Crippen molar-refractivity contribution in [2.45, 2.75) is 11.7 Å². The fourth-order valence-electron chi connectivity index (χ4n) is 2.94. The maximum absolute atomic E-state index is 11.8. The highest BCUT2D eigenvalue weighted by Crippen LogP contribution is 2.36. The van der Waals surface area contributed by atoms with Gasteiger partial charge in [-0.2, -0.15) is 0 Å². The largest absolute Gasteiger partial charge is 0.550 e. The van der Waals surface area contributed by atoms with Crippen molar-refractivity contribution in [2.75, 3.05) is 0 Å². The molecule has 1 amide bonds. The molecule has 1 aliphatic carbocycles. The Hall–Kier alpha value is -2.93. The first-order valence-electron chi connectivity index (χ1n) is 7.65. The first-order chi connectivity index (χ1) is 12.1. The molecule has 6 nitrogen and oxygen atoms in total. The lowest BCUT2D eigenvalue weighted by Crippen LogP contribution is -2.31. The molecule has 1 atom stereocenters. The van der Waals surface area contributed by atoms with Crippen LogP contribution in [-0.2, 0) is 9.59 Å². The number of hydrogen-bond acceptors (Lipinski definition) is 6. The highest BCUT2D eigenvalue weighted by molar-refractivity contribution is 8.15. The van der Waals surface area contributed by atoms with E-state index in [0.29, 0.717) is 5.17 Å². The van der Waals surface area contributed by atoms with Crippen molar-refractivity contribution in [2.24, 2.45) is 10.2 Å². The topological polar surface area (TPSA) is 93.9 Å². The van der Waals surface area contributed by atoms with Gasteiger partial charge in [0.2, 0.25) is 5.91 Å². The summed E-state index contributed by atoms with van der Waals surface area (Å²) in [6.07, 6.45) is -0.349. The minimum Gasteiger partial charge on any atom is -0.550 e. The second-order valence-corrected chi connectivity index (χ2v) is 6.81. The predicted octanol–water partition coefficient (Wildman–Crippen LogP) is 1.15. The highest BCUT2D eigenvalue weighted by atomic mass is 32.2. The Balaban J connectivity index is 1.68. The van der Waals surface area contributed by atoms with Crippen LogP contribution < -0.4 is 10.4 Å². The molecule has 1 unspecified atom stereocenters. The summed E-state index contributed by atoms with van der Waals surface area (Å²) in [7, 11) is 0. The molecule has 0 radical (unpaired) electrons. The molecule has 1 heterocycles. The number of aliphatic carboxylic acids is 1. The molecular formula is C18H12N3O3S-. The van der Waals surface area contributed by atoms with Gasteiger partial charge in [-0.25, -0.2) is 0 Å². The van der Waals surface area contributed by atoms with Gasteiger partial charge in [0.25, 0.3) is 0 Å². The summed E-state index contributed by atoms with van der Waals surface area (Å²) < 4.78 is 0. The number of nitrogens with one attached hydrogen (secondary N) is 1. The number of carbonyl (C=O) groups is 2. The Bertz CT molecular complexity index is 905. The Morgan fingerprint density at radius 2 is 1.56 bits per heavy atom. The summed E-state index contributed by atoms with van der Waals surface area (Å²) in [5, 5.41) is 21.3. The number of amidine groups is 1. The third-order valence-corrected chi connectivity index (χ3v) is 5.10. The van der Waals surface area contributed by atoms with Crippen LogP contribution in [0.15, 0.2) is 58.7 Å². The molecule has 4 rings (SSSR count). The molecule has 0 aromatic heterocycles. The SMILES string of the molecule is O=C([O-])CC1S/C(=N\N=C2c3ccccc3-c3ccccc32)NC1=O. The summed E-state index contributed by atoms with van der Waals surface area (Å²) in [6.45, 7) is 0. The summed E-state index contributed by atoms with van der Waals surface area (Å²) in [4.78, 5) is 22.4. The van der Waals surface area contributed by atoms with E-state index in [1.165, 1.54) is 0 Å². The van der Waals surface area contributed by atoms with E-state index in [9.17, 15) is 14.7 Å². The standard InChI is InChI=1S/C18H13N3O3S/c22-15(23)9-14-17(24)19-18(25-14)21-20-16-12-7-3-1-5-10(12)11-6-2-4-8-13(11)16/h1-8,14H,9H2,(H,22,23)(H,19,21,24)/p-1. The number of nitrogens with zero attached hydrogens (tertiary/aromatic N) is 2. The molecule has 1 aliphatic heterocycles. The summed E-state index contributed by atoms with van der Waals surface area (Å²) in [5.74, 6) is -1.65. The van der Waals surface area contributed by atoms with E-state index in [2.05, 4.69) is 15.5 Å². The number of thioether (sulfide) groups is 1. The van der Waals surface area contributed by atoms with Crippen molar-refractivity contribution in [1.29, 1.82) is 0 Å². The molecule has 2 aromatic carbocycles. The Labute approximate surface area is 147 Å². The second kappa shape index (κ2) is 6.18. The third kappa shape index (κ3) is 2.83. The molecular weight excluding hydrogens is 338 g/mol. The molecule has 0 bridgehead atoms. The van der Waals surface area contributed by atoms with Crippen molar-refractivity contribution in [1.82, 2.24) is 5.32 Å². The fraction of sp³-hybridized carbons (Fsp3) is 0.111. The van der Waals surface area contributed by atoms with Gasteiger partial charge in [0.15, 0.2) is 5.17 Å². The molecule has 0 spiro atoms. The molecule has 25 heavy (non-hydrogen) atoms. The van der Waals surface area contributed by atoms with Crippen LogP contribution in [0.25, 0.3) is 11.1 Å². The lowest BCUT2D eigenvalue weighted by molar-refractivity contribution is -0.305. The van der Waals surface area contributed by atoms with Gasteiger partial charge in [0, 0.05) is 23.5 Å². The maximum Gasteiger partial charge on any atom is 0.239 e. The van der Waals surface area contributed by atoms with E-state index in [0.717, 1.165) is 39.7 Å². The van der Waals surface area contributed by atoms with E-state index in [1.807, 2.05) is 48.5 Å². The first-order valence-corrected chi connectivity index (χ1v) is 8.53. The van der Waals surface area contributed by atoms with Crippen molar-refractivity contribution in [3.8, 4) is 11.1 Å². The monoisotopic (exact) mass is 350 g/mol. The van der Waals surface area contributed by atoms with Crippen LogP contribution in [0.4, 0.5) is 0 Å². The van der Waals surface area contributed by atoms with Crippen LogP contribution in [0.2, 0.25) is 0 Å². The molecule has 2 aromatic rings. The molecule has 1 N–H and O–H groups in total. The predicted molar refractivity (Wildman–Crippen MR) is 94.1 cm³/mol. The van der Waals surface area contributed by atoms with Gasteiger partial charge < -0.3 is 15.2 Å². The number of benzene rings is 2. The van der Waals surface area contributed by atoms with Crippen LogP contribution in [0.5, 0.6) is 0 Å². The quantitative estimate of drug-likeness (QED) is 0.717. The Morgan fingerprint density at radius 3 is 2.12 bits per heavy atom. The lowest BCUT2D eigenvalue weighted by atomic mass is 10.1. The van der Waals surface area contributed by atoms with Gasteiger partial charge in [0.05, 0.1) is 5.25 Å². The zero-order valence-corrected chi connectivity index (χ0v) is 13.7. The van der Waals surface area contributed by atoms with Crippen LogP contribution >= 0.6 is 11.8 Å². The van der Waals surface area contributed by atoms with Crippen LogP contribution in [0.1, 0.15) is 17.5 Å². The average molecular weight is 350 g/mol. The number of carbonyl (C=O) groups excluding carboxylic acids is 2. The fourth-order valence-corrected chi connectivity index (χ4v) is 3.84. The number of hydrogen-bond donors (Lipinski definition) is 1. The van der Waals surface area contributed by atoms with Gasteiger partial charge in [0.1, 0.15) is 5.71 Å². The summed E-state index contributed by atoms with van der Waals surface area (Å²) in [6, 6.07) is 15.9. The molecule has 2 aliphatic rings. The molecule has 7 heteroatoms.